The molecule has 0 aliphatic heterocycles. The third-order valence-electron chi connectivity index (χ3n) is 2.16. The van der Waals surface area contributed by atoms with Gasteiger partial charge in [-0.15, -0.1) is 0 Å². The number of nitrogens with zero attached hydrogens (tertiary/aromatic N) is 3. The van der Waals surface area contributed by atoms with Gasteiger partial charge in [0, 0.05) is 12.6 Å². The first-order chi connectivity index (χ1) is 9.42. The number of aliphatic hydroxyl groups is 1. The van der Waals surface area contributed by atoms with Crippen molar-refractivity contribution in [2.24, 2.45) is 0 Å². The molecule has 1 aromatic heterocycles. The number of carboxylic acids is 1. The van der Waals surface area contributed by atoms with Crippen molar-refractivity contribution >= 4 is 23.8 Å². The molecule has 1 heterocycles. The number of hydrogen-bond donors (Lipinski definition) is 5. The summed E-state index contributed by atoms with van der Waals surface area (Å²) < 4.78 is 0. The molecule has 9 nitrogen and oxygen atoms in total. The number of hydrogen-bond acceptors (Lipinski definition) is 8. The summed E-state index contributed by atoms with van der Waals surface area (Å²) in [6.07, 6.45) is 0. The van der Waals surface area contributed by atoms with E-state index in [1.165, 1.54) is 6.92 Å². The van der Waals surface area contributed by atoms with Gasteiger partial charge in [0.25, 0.3) is 0 Å². The van der Waals surface area contributed by atoms with Gasteiger partial charge in [-0.05, 0) is 20.8 Å². The summed E-state index contributed by atoms with van der Waals surface area (Å²) in [7, 11) is 0. The molecule has 0 radical (unpaired) electrons. The predicted molar refractivity (Wildman–Crippen MR) is 74.9 cm³/mol. The summed E-state index contributed by atoms with van der Waals surface area (Å²) in [6.45, 7) is 5.57. The van der Waals surface area contributed by atoms with E-state index in [0.717, 1.165) is 0 Å². The molecular weight excluding hydrogens is 264 g/mol. The van der Waals surface area contributed by atoms with Crippen LogP contribution in [0.25, 0.3) is 0 Å². The van der Waals surface area contributed by atoms with Crippen molar-refractivity contribution in [1.29, 1.82) is 0 Å². The lowest BCUT2D eigenvalue weighted by molar-refractivity contribution is -0.137. The Labute approximate surface area is 116 Å². The summed E-state index contributed by atoms with van der Waals surface area (Å²) in [5.41, 5.74) is 0. The zero-order valence-corrected chi connectivity index (χ0v) is 11.7. The van der Waals surface area contributed by atoms with Crippen molar-refractivity contribution in [2.45, 2.75) is 32.9 Å². The predicted octanol–water partition coefficient (Wildman–Crippen LogP) is -0.0189. The van der Waals surface area contributed by atoms with Crippen LogP contribution in [0.5, 0.6) is 0 Å². The number of carbonyl (C=O) groups is 1. The molecule has 9 heteroatoms. The first kappa shape index (κ1) is 15.9. The fourth-order valence-corrected chi connectivity index (χ4v) is 1.27. The van der Waals surface area contributed by atoms with E-state index in [-0.39, 0.29) is 24.5 Å². The van der Waals surface area contributed by atoms with E-state index in [2.05, 4.69) is 30.9 Å². The normalized spacial score (nSPS) is 12.1. The van der Waals surface area contributed by atoms with Crippen LogP contribution in [0.1, 0.15) is 20.8 Å². The summed E-state index contributed by atoms with van der Waals surface area (Å²) in [6, 6.07) is -0.706. The van der Waals surface area contributed by atoms with E-state index in [0.29, 0.717) is 12.5 Å². The zero-order valence-electron chi connectivity index (χ0n) is 11.7. The molecule has 0 fully saturated rings. The Balaban J connectivity index is 2.93. The minimum atomic E-state index is -1.01. The van der Waals surface area contributed by atoms with Gasteiger partial charge in [-0.2, -0.15) is 15.0 Å². The maximum Gasteiger partial charge on any atom is 0.325 e. The highest BCUT2D eigenvalue weighted by atomic mass is 16.4. The second-order valence-electron chi connectivity index (χ2n) is 4.46. The molecule has 0 aromatic carbocycles. The van der Waals surface area contributed by atoms with Crippen LogP contribution < -0.4 is 16.0 Å². The van der Waals surface area contributed by atoms with Gasteiger partial charge in [0.2, 0.25) is 17.8 Å². The maximum absolute atomic E-state index is 10.8. The van der Waals surface area contributed by atoms with Crippen LogP contribution in [0.2, 0.25) is 0 Å². The number of aromatic nitrogens is 3. The molecule has 0 saturated heterocycles. The lowest BCUT2D eigenvalue weighted by atomic mass is 10.3. The summed E-state index contributed by atoms with van der Waals surface area (Å²) in [4.78, 5) is 23.1. The van der Waals surface area contributed by atoms with E-state index < -0.39 is 12.0 Å². The van der Waals surface area contributed by atoms with Crippen LogP contribution in [-0.4, -0.2) is 56.4 Å². The van der Waals surface area contributed by atoms with E-state index in [4.69, 9.17) is 10.2 Å². The quantitative estimate of drug-likeness (QED) is 0.446. The van der Waals surface area contributed by atoms with E-state index >= 15 is 0 Å². The average Bonchev–Trinajstić information content (AvgIpc) is 2.35. The molecule has 0 spiro atoms. The fraction of sp³-hybridized carbons (Fsp3) is 0.636. The van der Waals surface area contributed by atoms with E-state index in [9.17, 15) is 4.79 Å². The van der Waals surface area contributed by atoms with Crippen molar-refractivity contribution in [2.75, 3.05) is 29.1 Å². The van der Waals surface area contributed by atoms with Gasteiger partial charge < -0.3 is 26.2 Å². The third kappa shape index (κ3) is 5.22. The lowest BCUT2D eigenvalue weighted by Crippen LogP contribution is -2.27. The Morgan fingerprint density at radius 1 is 1.10 bits per heavy atom. The molecule has 112 valence electrons. The number of rotatable bonds is 8. The van der Waals surface area contributed by atoms with Crippen LogP contribution in [0.3, 0.4) is 0 Å². The minimum absolute atomic E-state index is 0.0626. The molecule has 5 N–H and O–H groups in total. The molecule has 0 saturated carbocycles. The first-order valence-corrected chi connectivity index (χ1v) is 6.29. The summed E-state index contributed by atoms with van der Waals surface area (Å²) in [5, 5.41) is 26.1. The molecular formula is C11H20N6O3. The Morgan fingerprint density at radius 3 is 2.15 bits per heavy atom. The third-order valence-corrected chi connectivity index (χ3v) is 2.16. The van der Waals surface area contributed by atoms with Crippen LogP contribution in [-0.2, 0) is 4.79 Å². The summed E-state index contributed by atoms with van der Waals surface area (Å²) >= 11 is 0. The molecule has 20 heavy (non-hydrogen) atoms. The van der Waals surface area contributed by atoms with Gasteiger partial charge in [-0.1, -0.05) is 0 Å². The molecule has 0 aliphatic rings. The maximum atomic E-state index is 10.8. The van der Waals surface area contributed by atoms with Crippen molar-refractivity contribution in [1.82, 2.24) is 15.0 Å². The molecule has 0 bridgehead atoms. The van der Waals surface area contributed by atoms with Gasteiger partial charge in [-0.25, -0.2) is 0 Å². The topological polar surface area (TPSA) is 132 Å². The summed E-state index contributed by atoms with van der Waals surface area (Å²) in [5.74, 6) is -0.264. The zero-order chi connectivity index (χ0) is 15.1. The second-order valence-corrected chi connectivity index (χ2v) is 4.46. The van der Waals surface area contributed by atoms with Crippen molar-refractivity contribution in [3.63, 3.8) is 0 Å². The van der Waals surface area contributed by atoms with Gasteiger partial charge in [-0.3, -0.25) is 4.79 Å². The number of carboxylic acid groups (broad SMARTS) is 1. The van der Waals surface area contributed by atoms with Crippen LogP contribution in [0, 0.1) is 0 Å². The van der Waals surface area contributed by atoms with E-state index in [1.807, 2.05) is 13.8 Å². The Hall–Kier alpha value is -2.16. The highest BCUT2D eigenvalue weighted by Crippen LogP contribution is 2.11. The van der Waals surface area contributed by atoms with Crippen molar-refractivity contribution in [3.8, 4) is 0 Å². The van der Waals surface area contributed by atoms with Gasteiger partial charge in [0.05, 0.1) is 6.61 Å². The number of anilines is 3. The smallest absolute Gasteiger partial charge is 0.325 e. The average molecular weight is 284 g/mol. The fourth-order valence-electron chi connectivity index (χ4n) is 1.27. The minimum Gasteiger partial charge on any atom is -0.480 e. The van der Waals surface area contributed by atoms with Gasteiger partial charge in [0.15, 0.2) is 0 Å². The van der Waals surface area contributed by atoms with Crippen LogP contribution >= 0.6 is 0 Å². The monoisotopic (exact) mass is 284 g/mol. The standard InChI is InChI=1S/C11H20N6O3/c1-6(2)13-10-15-9(12-4-5-18)16-11(17-10)14-7(3)8(19)20/h6-7,18H,4-5H2,1-3H3,(H,19,20)(H3,12,13,14,15,16,17). The molecule has 1 aromatic rings. The number of aliphatic hydroxyl groups excluding tert-OH is 1. The molecule has 0 aliphatic carbocycles. The molecule has 1 atom stereocenters. The highest BCUT2D eigenvalue weighted by molar-refractivity contribution is 5.76. The van der Waals surface area contributed by atoms with Gasteiger partial charge in [0.1, 0.15) is 6.04 Å². The first-order valence-electron chi connectivity index (χ1n) is 6.29. The molecule has 0 amide bonds. The highest BCUT2D eigenvalue weighted by Gasteiger charge is 2.14. The second kappa shape index (κ2) is 7.43. The Bertz CT molecular complexity index is 454. The van der Waals surface area contributed by atoms with E-state index in [1.54, 1.807) is 0 Å². The van der Waals surface area contributed by atoms with Gasteiger partial charge >= 0.3 is 5.97 Å². The van der Waals surface area contributed by atoms with Crippen LogP contribution in [0.15, 0.2) is 0 Å². The van der Waals surface area contributed by atoms with Crippen molar-refractivity contribution in [3.05, 3.63) is 0 Å². The van der Waals surface area contributed by atoms with Crippen LogP contribution in [0.4, 0.5) is 17.8 Å². The molecule has 1 unspecified atom stereocenters. The Kier molecular flexibility index (Phi) is 5.91. The SMILES string of the molecule is CC(C)Nc1nc(NCCO)nc(NC(C)C(=O)O)n1. The number of aliphatic carboxylic acids is 1. The Morgan fingerprint density at radius 2 is 1.65 bits per heavy atom. The van der Waals surface area contributed by atoms with Crippen molar-refractivity contribution < 1.29 is 15.0 Å². The largest absolute Gasteiger partial charge is 0.480 e. The lowest BCUT2D eigenvalue weighted by Gasteiger charge is -2.14. The molecule has 1 rings (SSSR count). The number of nitrogens with one attached hydrogen (secondary N) is 3.